The Hall–Kier alpha value is -0.870. The van der Waals surface area contributed by atoms with Crippen LogP contribution in [-0.2, 0) is 9.53 Å². The fourth-order valence-corrected chi connectivity index (χ4v) is 4.97. The minimum atomic E-state index is -0.116. The zero-order valence-corrected chi connectivity index (χ0v) is 20.2. The third-order valence-corrected chi connectivity index (χ3v) is 6.59. The lowest BCUT2D eigenvalue weighted by Gasteiger charge is -2.27. The molecule has 0 radical (unpaired) electrons. The van der Waals surface area contributed by atoms with Crippen LogP contribution in [0.2, 0.25) is 0 Å². The van der Waals surface area contributed by atoms with Gasteiger partial charge in [0.25, 0.3) is 0 Å². The second-order valence-electron chi connectivity index (χ2n) is 7.48. The lowest BCUT2D eigenvalue weighted by molar-refractivity contribution is -0.145. The SMILES string of the molecule is CCNC(=NCC(c1cccs1)N1CCCC1)N1CC(C)C(C(=O)OC)C1.I. The first-order chi connectivity index (χ1) is 13.1. The Labute approximate surface area is 189 Å². The number of carbonyl (C=O) groups is 1. The van der Waals surface area contributed by atoms with Crippen LogP contribution in [0.1, 0.15) is 37.6 Å². The van der Waals surface area contributed by atoms with Crippen LogP contribution in [0.4, 0.5) is 0 Å². The van der Waals surface area contributed by atoms with Crippen molar-refractivity contribution in [3.8, 4) is 0 Å². The molecule has 6 nitrogen and oxygen atoms in total. The number of methoxy groups -OCH3 is 1. The van der Waals surface area contributed by atoms with E-state index in [4.69, 9.17) is 9.73 Å². The second-order valence-corrected chi connectivity index (χ2v) is 8.46. The predicted molar refractivity (Wildman–Crippen MR) is 126 cm³/mol. The molecule has 2 saturated heterocycles. The van der Waals surface area contributed by atoms with Gasteiger partial charge in [0.1, 0.15) is 0 Å². The Morgan fingerprint density at radius 2 is 2.14 bits per heavy atom. The summed E-state index contributed by atoms with van der Waals surface area (Å²) in [5.74, 6) is 0.990. The van der Waals surface area contributed by atoms with Crippen LogP contribution >= 0.6 is 35.3 Å². The summed E-state index contributed by atoms with van der Waals surface area (Å²) in [5.41, 5.74) is 0. The van der Waals surface area contributed by atoms with Crippen molar-refractivity contribution < 1.29 is 9.53 Å². The van der Waals surface area contributed by atoms with Crippen molar-refractivity contribution in [1.82, 2.24) is 15.1 Å². The second kappa shape index (κ2) is 11.3. The zero-order chi connectivity index (χ0) is 19.2. The number of thiophene rings is 1. The summed E-state index contributed by atoms with van der Waals surface area (Å²) in [4.78, 5) is 23.2. The number of nitrogens with one attached hydrogen (secondary N) is 1. The molecular weight excluding hydrogens is 487 g/mol. The summed E-state index contributed by atoms with van der Waals surface area (Å²) in [7, 11) is 1.47. The van der Waals surface area contributed by atoms with Crippen LogP contribution in [0.5, 0.6) is 0 Å². The van der Waals surface area contributed by atoms with Crippen LogP contribution in [0.3, 0.4) is 0 Å². The molecule has 0 spiro atoms. The maximum absolute atomic E-state index is 12.0. The Morgan fingerprint density at radius 1 is 1.39 bits per heavy atom. The first-order valence-corrected chi connectivity index (χ1v) is 10.9. The molecule has 0 saturated carbocycles. The van der Waals surface area contributed by atoms with Gasteiger partial charge in [-0.3, -0.25) is 14.7 Å². The highest BCUT2D eigenvalue weighted by atomic mass is 127. The summed E-state index contributed by atoms with van der Waals surface area (Å²) in [6.45, 7) is 9.58. The summed E-state index contributed by atoms with van der Waals surface area (Å²) in [6.07, 6.45) is 2.55. The number of carbonyl (C=O) groups excluding carboxylic acids is 1. The van der Waals surface area contributed by atoms with Crippen molar-refractivity contribution in [1.29, 1.82) is 0 Å². The highest BCUT2D eigenvalue weighted by Crippen LogP contribution is 2.29. The molecule has 0 aromatic carbocycles. The van der Waals surface area contributed by atoms with E-state index in [-0.39, 0.29) is 41.8 Å². The highest BCUT2D eigenvalue weighted by molar-refractivity contribution is 14.0. The molecule has 158 valence electrons. The predicted octanol–water partition coefficient (Wildman–Crippen LogP) is 3.21. The van der Waals surface area contributed by atoms with Crippen LogP contribution in [0.15, 0.2) is 22.5 Å². The Morgan fingerprint density at radius 3 is 2.75 bits per heavy atom. The van der Waals surface area contributed by atoms with E-state index in [0.29, 0.717) is 12.6 Å². The van der Waals surface area contributed by atoms with Gasteiger partial charge in [-0.15, -0.1) is 35.3 Å². The molecule has 3 atom stereocenters. The van der Waals surface area contributed by atoms with Gasteiger partial charge in [0.15, 0.2) is 5.96 Å². The molecule has 3 heterocycles. The van der Waals surface area contributed by atoms with Gasteiger partial charge in [-0.2, -0.15) is 0 Å². The number of likely N-dealkylation sites (tertiary alicyclic amines) is 2. The molecule has 0 amide bonds. The lowest BCUT2D eigenvalue weighted by atomic mass is 9.99. The van der Waals surface area contributed by atoms with Crippen molar-refractivity contribution in [2.75, 3.05) is 46.4 Å². The fraction of sp³-hybridized carbons (Fsp3) is 0.700. The molecule has 8 heteroatoms. The number of nitrogens with zero attached hydrogens (tertiary/aromatic N) is 3. The maximum atomic E-state index is 12.0. The van der Waals surface area contributed by atoms with E-state index >= 15 is 0 Å². The van der Waals surface area contributed by atoms with E-state index in [1.165, 1.54) is 24.8 Å². The first-order valence-electron chi connectivity index (χ1n) is 10.0. The molecule has 1 aromatic heterocycles. The van der Waals surface area contributed by atoms with Crippen molar-refractivity contribution in [3.05, 3.63) is 22.4 Å². The van der Waals surface area contributed by atoms with E-state index in [1.807, 2.05) is 11.3 Å². The Kier molecular flexibility index (Phi) is 9.49. The number of esters is 1. The summed E-state index contributed by atoms with van der Waals surface area (Å²) >= 11 is 1.82. The Balaban J connectivity index is 0.00000280. The molecular formula is C20H33IN4O2S. The Bertz CT molecular complexity index is 634. The molecule has 3 rings (SSSR count). The van der Waals surface area contributed by atoms with Crippen molar-refractivity contribution >= 4 is 47.2 Å². The topological polar surface area (TPSA) is 57.2 Å². The molecule has 2 fully saturated rings. The summed E-state index contributed by atoms with van der Waals surface area (Å²) < 4.78 is 4.98. The number of aliphatic imine (C=N–C) groups is 1. The van der Waals surface area contributed by atoms with Gasteiger partial charge in [0.05, 0.1) is 25.6 Å². The normalized spacial score (nSPS) is 24.1. The molecule has 0 bridgehead atoms. The number of guanidine groups is 1. The van der Waals surface area contributed by atoms with E-state index in [2.05, 4.69) is 46.5 Å². The minimum Gasteiger partial charge on any atom is -0.469 e. The van der Waals surface area contributed by atoms with Gasteiger partial charge in [-0.25, -0.2) is 0 Å². The molecule has 0 aliphatic carbocycles. The number of hydrogen-bond acceptors (Lipinski definition) is 5. The number of ether oxygens (including phenoxy) is 1. The average Bonchev–Trinajstić information content (AvgIpc) is 3.42. The third-order valence-electron chi connectivity index (χ3n) is 5.62. The fourth-order valence-electron chi connectivity index (χ4n) is 4.12. The van der Waals surface area contributed by atoms with Crippen LogP contribution in [0, 0.1) is 11.8 Å². The van der Waals surface area contributed by atoms with Crippen LogP contribution in [-0.4, -0.2) is 68.1 Å². The molecule has 1 N–H and O–H groups in total. The third kappa shape index (κ3) is 5.60. The van der Waals surface area contributed by atoms with E-state index in [0.717, 1.165) is 38.7 Å². The molecule has 1 aromatic rings. The van der Waals surface area contributed by atoms with Gasteiger partial charge in [-0.05, 0) is 50.2 Å². The number of halogens is 1. The summed E-state index contributed by atoms with van der Waals surface area (Å²) in [6, 6.07) is 4.69. The quantitative estimate of drug-likeness (QED) is 0.270. The van der Waals surface area contributed by atoms with Crippen molar-refractivity contribution in [2.24, 2.45) is 16.8 Å². The van der Waals surface area contributed by atoms with Gasteiger partial charge in [0, 0.05) is 24.5 Å². The molecule has 2 aliphatic heterocycles. The first kappa shape index (κ1) is 23.4. The van der Waals surface area contributed by atoms with Gasteiger partial charge in [0.2, 0.25) is 0 Å². The summed E-state index contributed by atoms with van der Waals surface area (Å²) in [5, 5.41) is 5.57. The number of rotatable bonds is 6. The standard InChI is InChI=1S/C20H32N4O2S.HI/c1-4-21-20(24-13-15(2)16(14-24)19(25)26-3)22-12-17(18-8-7-11-27-18)23-9-5-6-10-23;/h7-8,11,15-17H,4-6,9-10,12-14H2,1-3H3,(H,21,22);1H. The molecule has 3 unspecified atom stereocenters. The van der Waals surface area contributed by atoms with Gasteiger partial charge >= 0.3 is 5.97 Å². The molecule has 2 aliphatic rings. The van der Waals surface area contributed by atoms with Crippen LogP contribution < -0.4 is 5.32 Å². The van der Waals surface area contributed by atoms with E-state index in [9.17, 15) is 4.79 Å². The number of hydrogen-bond donors (Lipinski definition) is 1. The van der Waals surface area contributed by atoms with Gasteiger partial charge < -0.3 is 15.0 Å². The zero-order valence-electron chi connectivity index (χ0n) is 17.1. The smallest absolute Gasteiger partial charge is 0.310 e. The monoisotopic (exact) mass is 520 g/mol. The minimum absolute atomic E-state index is 0. The maximum Gasteiger partial charge on any atom is 0.310 e. The van der Waals surface area contributed by atoms with E-state index < -0.39 is 0 Å². The van der Waals surface area contributed by atoms with E-state index in [1.54, 1.807) is 0 Å². The van der Waals surface area contributed by atoms with Gasteiger partial charge in [-0.1, -0.05) is 13.0 Å². The van der Waals surface area contributed by atoms with Crippen molar-refractivity contribution in [2.45, 2.75) is 32.7 Å². The van der Waals surface area contributed by atoms with Crippen molar-refractivity contribution in [3.63, 3.8) is 0 Å². The van der Waals surface area contributed by atoms with Crippen LogP contribution in [0.25, 0.3) is 0 Å². The highest BCUT2D eigenvalue weighted by Gasteiger charge is 2.37. The average molecular weight is 520 g/mol. The molecule has 28 heavy (non-hydrogen) atoms. The lowest BCUT2D eigenvalue weighted by Crippen LogP contribution is -2.41. The largest absolute Gasteiger partial charge is 0.469 e.